The quantitative estimate of drug-likeness (QED) is 0.891. The molecular weight excluding hydrogens is 272 g/mol. The van der Waals surface area contributed by atoms with Crippen LogP contribution in [0.15, 0.2) is 35.1 Å². The van der Waals surface area contributed by atoms with Gasteiger partial charge in [0.25, 0.3) is 11.5 Å². The molecule has 1 amide bonds. The maximum absolute atomic E-state index is 12.4. The monoisotopic (exact) mass is 288 g/mol. The summed E-state index contributed by atoms with van der Waals surface area (Å²) < 4.78 is 0. The Morgan fingerprint density at radius 2 is 1.95 bits per heavy atom. The number of aliphatic carboxylic acids is 1. The van der Waals surface area contributed by atoms with Gasteiger partial charge in [-0.1, -0.05) is 18.2 Å². The van der Waals surface area contributed by atoms with Crippen molar-refractivity contribution in [1.29, 1.82) is 0 Å². The van der Waals surface area contributed by atoms with E-state index in [1.54, 1.807) is 38.1 Å². The Balaban J connectivity index is 2.48. The van der Waals surface area contributed by atoms with Crippen molar-refractivity contribution in [2.24, 2.45) is 0 Å². The highest BCUT2D eigenvalue weighted by Crippen LogP contribution is 2.12. The van der Waals surface area contributed by atoms with Gasteiger partial charge >= 0.3 is 5.97 Å². The normalized spacial score (nSPS) is 10.8. The van der Waals surface area contributed by atoms with Gasteiger partial charge < -0.3 is 15.0 Å². The molecule has 2 N–H and O–H groups in total. The first-order chi connectivity index (χ1) is 9.90. The molecule has 0 spiro atoms. The van der Waals surface area contributed by atoms with Crippen LogP contribution < -0.4 is 5.56 Å². The minimum Gasteiger partial charge on any atom is -0.480 e. The van der Waals surface area contributed by atoms with E-state index in [9.17, 15) is 14.4 Å². The summed E-state index contributed by atoms with van der Waals surface area (Å²) in [6.45, 7) is 2.97. The largest absolute Gasteiger partial charge is 0.480 e. The minimum absolute atomic E-state index is 0.0522. The van der Waals surface area contributed by atoms with Crippen LogP contribution in [0.2, 0.25) is 0 Å². The van der Waals surface area contributed by atoms with Crippen LogP contribution in [-0.2, 0) is 4.79 Å². The number of hydrogen-bond acceptors (Lipinski definition) is 3. The van der Waals surface area contributed by atoms with Gasteiger partial charge in [0.2, 0.25) is 0 Å². The molecular formula is C15H16N2O4. The summed E-state index contributed by atoms with van der Waals surface area (Å²) in [4.78, 5) is 39.1. The first-order valence-corrected chi connectivity index (χ1v) is 6.55. The van der Waals surface area contributed by atoms with Crippen LogP contribution in [0, 0.1) is 0 Å². The number of carboxylic acid groups (broad SMARTS) is 1. The van der Waals surface area contributed by atoms with E-state index in [2.05, 4.69) is 4.98 Å². The lowest BCUT2D eigenvalue weighted by Crippen LogP contribution is -2.42. The lowest BCUT2D eigenvalue weighted by atomic mass is 10.1. The van der Waals surface area contributed by atoms with Crippen molar-refractivity contribution in [2.75, 3.05) is 6.54 Å². The van der Waals surface area contributed by atoms with Crippen LogP contribution in [0.4, 0.5) is 0 Å². The van der Waals surface area contributed by atoms with Gasteiger partial charge in [-0.15, -0.1) is 0 Å². The molecule has 2 aromatic rings. The summed E-state index contributed by atoms with van der Waals surface area (Å²) in [7, 11) is 0. The zero-order valence-corrected chi connectivity index (χ0v) is 11.8. The van der Waals surface area contributed by atoms with Crippen molar-refractivity contribution in [3.05, 3.63) is 46.2 Å². The zero-order valence-electron chi connectivity index (χ0n) is 11.8. The predicted molar refractivity (Wildman–Crippen MR) is 78.4 cm³/mol. The third kappa shape index (κ3) is 3.10. The van der Waals surface area contributed by atoms with Crippen LogP contribution >= 0.6 is 0 Å². The fourth-order valence-electron chi connectivity index (χ4n) is 2.10. The maximum atomic E-state index is 12.4. The molecule has 0 aliphatic carbocycles. The standard InChI is InChI=1S/C15H16N2O4/c1-9(2)17(8-13(18)19)15(21)11-7-10-5-3-4-6-12(10)16-14(11)20/h3-7,9H,8H2,1-2H3,(H,16,20)(H,18,19). The lowest BCUT2D eigenvalue weighted by Gasteiger charge is -2.24. The summed E-state index contributed by atoms with van der Waals surface area (Å²) in [5.41, 5.74) is 0.0618. The molecule has 6 heteroatoms. The number of nitrogens with one attached hydrogen (secondary N) is 1. The van der Waals surface area contributed by atoms with E-state index in [-0.39, 0.29) is 11.6 Å². The molecule has 1 aromatic heterocycles. The molecule has 0 saturated heterocycles. The average Bonchev–Trinajstić information content (AvgIpc) is 2.42. The van der Waals surface area contributed by atoms with Crippen molar-refractivity contribution in [3.63, 3.8) is 0 Å². The van der Waals surface area contributed by atoms with E-state index in [1.165, 1.54) is 6.07 Å². The second-order valence-electron chi connectivity index (χ2n) is 5.02. The van der Waals surface area contributed by atoms with Gasteiger partial charge in [0.15, 0.2) is 0 Å². The highest BCUT2D eigenvalue weighted by atomic mass is 16.4. The molecule has 0 bridgehead atoms. The number of para-hydroxylation sites is 1. The maximum Gasteiger partial charge on any atom is 0.323 e. The molecule has 21 heavy (non-hydrogen) atoms. The molecule has 110 valence electrons. The lowest BCUT2D eigenvalue weighted by molar-refractivity contribution is -0.138. The van der Waals surface area contributed by atoms with Crippen LogP contribution in [0.1, 0.15) is 24.2 Å². The van der Waals surface area contributed by atoms with Crippen LogP contribution in [0.5, 0.6) is 0 Å². The molecule has 0 radical (unpaired) electrons. The summed E-state index contributed by atoms with van der Waals surface area (Å²) in [6, 6.07) is 8.27. The summed E-state index contributed by atoms with van der Waals surface area (Å²) in [5, 5.41) is 9.61. The molecule has 6 nitrogen and oxygen atoms in total. The van der Waals surface area contributed by atoms with E-state index >= 15 is 0 Å². The second kappa shape index (κ2) is 5.78. The topological polar surface area (TPSA) is 90.5 Å². The number of aromatic amines is 1. The Morgan fingerprint density at radius 3 is 2.57 bits per heavy atom. The van der Waals surface area contributed by atoms with E-state index < -0.39 is 24.0 Å². The SMILES string of the molecule is CC(C)N(CC(=O)O)C(=O)c1cc2ccccc2[nH]c1=O. The Morgan fingerprint density at radius 1 is 1.29 bits per heavy atom. The smallest absolute Gasteiger partial charge is 0.323 e. The number of carbonyl (C=O) groups excluding carboxylic acids is 1. The number of H-pyrrole nitrogens is 1. The number of rotatable bonds is 4. The molecule has 1 heterocycles. The van der Waals surface area contributed by atoms with Crippen LogP contribution in [0.3, 0.4) is 0 Å². The number of fused-ring (bicyclic) bond motifs is 1. The van der Waals surface area contributed by atoms with E-state index in [1.807, 2.05) is 0 Å². The minimum atomic E-state index is -1.12. The van der Waals surface area contributed by atoms with E-state index in [0.29, 0.717) is 5.52 Å². The number of hydrogen-bond donors (Lipinski definition) is 2. The Hall–Kier alpha value is -2.63. The molecule has 0 unspecified atom stereocenters. The first-order valence-electron chi connectivity index (χ1n) is 6.55. The average molecular weight is 288 g/mol. The van der Waals surface area contributed by atoms with Gasteiger partial charge in [-0.2, -0.15) is 0 Å². The van der Waals surface area contributed by atoms with Crippen molar-refractivity contribution >= 4 is 22.8 Å². The molecule has 0 fully saturated rings. The molecule has 0 aliphatic rings. The van der Waals surface area contributed by atoms with Gasteiger partial charge in [0, 0.05) is 11.6 Å². The Bertz CT molecular complexity index is 749. The molecule has 2 rings (SSSR count). The Labute approximate surface area is 121 Å². The van der Waals surface area contributed by atoms with Crippen molar-refractivity contribution in [1.82, 2.24) is 9.88 Å². The zero-order chi connectivity index (χ0) is 15.6. The van der Waals surface area contributed by atoms with Gasteiger partial charge in [0.05, 0.1) is 0 Å². The first kappa shape index (κ1) is 14.8. The second-order valence-corrected chi connectivity index (χ2v) is 5.02. The van der Waals surface area contributed by atoms with Gasteiger partial charge in [0.1, 0.15) is 12.1 Å². The number of carbonyl (C=O) groups is 2. The third-order valence-electron chi connectivity index (χ3n) is 3.17. The molecule has 0 saturated carbocycles. The van der Waals surface area contributed by atoms with Crippen LogP contribution in [-0.4, -0.2) is 39.5 Å². The highest BCUT2D eigenvalue weighted by molar-refractivity contribution is 5.98. The fraction of sp³-hybridized carbons (Fsp3) is 0.267. The summed E-state index contributed by atoms with van der Waals surface area (Å²) in [6.07, 6.45) is 0. The van der Waals surface area contributed by atoms with Crippen molar-refractivity contribution in [3.8, 4) is 0 Å². The van der Waals surface area contributed by atoms with E-state index in [4.69, 9.17) is 5.11 Å². The number of aromatic nitrogens is 1. The molecule has 0 aliphatic heterocycles. The fourth-order valence-corrected chi connectivity index (χ4v) is 2.10. The van der Waals surface area contributed by atoms with E-state index in [0.717, 1.165) is 10.3 Å². The molecule has 1 aromatic carbocycles. The molecule has 0 atom stereocenters. The summed E-state index contributed by atoms with van der Waals surface area (Å²) in [5.74, 6) is -1.70. The number of nitrogens with zero attached hydrogens (tertiary/aromatic N) is 1. The van der Waals surface area contributed by atoms with Crippen molar-refractivity contribution in [2.45, 2.75) is 19.9 Å². The third-order valence-corrected chi connectivity index (χ3v) is 3.17. The highest BCUT2D eigenvalue weighted by Gasteiger charge is 2.23. The van der Waals surface area contributed by atoms with Gasteiger partial charge in [-0.3, -0.25) is 14.4 Å². The van der Waals surface area contributed by atoms with Crippen LogP contribution in [0.25, 0.3) is 10.9 Å². The van der Waals surface area contributed by atoms with Gasteiger partial charge in [-0.05, 0) is 31.4 Å². The van der Waals surface area contributed by atoms with Gasteiger partial charge in [-0.25, -0.2) is 0 Å². The van der Waals surface area contributed by atoms with Crippen molar-refractivity contribution < 1.29 is 14.7 Å². The number of benzene rings is 1. The predicted octanol–water partition coefficient (Wildman–Crippen LogP) is 1.46. The number of carboxylic acids is 1. The Kier molecular flexibility index (Phi) is 4.07. The summed E-state index contributed by atoms with van der Waals surface area (Å²) >= 11 is 0. The number of amides is 1. The number of pyridine rings is 1.